The van der Waals surface area contributed by atoms with Crippen LogP contribution in [0.1, 0.15) is 23.7 Å². The zero-order valence-electron chi connectivity index (χ0n) is 15.5. The molecule has 0 heterocycles. The Balaban J connectivity index is 1.82. The molecule has 0 saturated heterocycles. The van der Waals surface area contributed by atoms with E-state index < -0.39 is 15.7 Å². The summed E-state index contributed by atoms with van der Waals surface area (Å²) in [5.74, 6) is 0.766. The maximum atomic E-state index is 12.7. The van der Waals surface area contributed by atoms with E-state index in [2.05, 4.69) is 5.32 Å². The Bertz CT molecular complexity index is 1060. The van der Waals surface area contributed by atoms with Crippen molar-refractivity contribution in [1.82, 2.24) is 0 Å². The molecule has 0 fully saturated rings. The fourth-order valence-electron chi connectivity index (χ4n) is 2.76. The van der Waals surface area contributed by atoms with Gasteiger partial charge >= 0.3 is 0 Å². The Hall–Kier alpha value is -3.12. The molecule has 0 aliphatic rings. The average molecular weight is 395 g/mol. The summed E-state index contributed by atoms with van der Waals surface area (Å²) in [7, 11) is -3.51. The SMILES string of the molecule is CCCS(=O)(=O)c1ccccc1C(=O)Nc1cccc(Oc2ccccc2)c1. The zero-order chi connectivity index (χ0) is 20.0. The zero-order valence-corrected chi connectivity index (χ0v) is 16.3. The maximum Gasteiger partial charge on any atom is 0.256 e. The van der Waals surface area contributed by atoms with Crippen molar-refractivity contribution in [3.05, 3.63) is 84.4 Å². The van der Waals surface area contributed by atoms with Gasteiger partial charge in [-0.2, -0.15) is 0 Å². The van der Waals surface area contributed by atoms with E-state index in [-0.39, 0.29) is 16.2 Å². The highest BCUT2D eigenvalue weighted by molar-refractivity contribution is 7.91. The number of carbonyl (C=O) groups excluding carboxylic acids is 1. The van der Waals surface area contributed by atoms with Crippen molar-refractivity contribution >= 4 is 21.4 Å². The number of anilines is 1. The average Bonchev–Trinajstić information content (AvgIpc) is 2.69. The maximum absolute atomic E-state index is 12.7. The van der Waals surface area contributed by atoms with Gasteiger partial charge in [0.15, 0.2) is 9.84 Å². The van der Waals surface area contributed by atoms with Crippen LogP contribution in [0.4, 0.5) is 5.69 Å². The van der Waals surface area contributed by atoms with Crippen LogP contribution in [0.5, 0.6) is 11.5 Å². The minimum Gasteiger partial charge on any atom is -0.457 e. The lowest BCUT2D eigenvalue weighted by Gasteiger charge is -2.12. The first-order valence-corrected chi connectivity index (χ1v) is 10.6. The highest BCUT2D eigenvalue weighted by Crippen LogP contribution is 2.25. The summed E-state index contributed by atoms with van der Waals surface area (Å²) in [6.07, 6.45) is 0.483. The van der Waals surface area contributed by atoms with E-state index in [4.69, 9.17) is 4.74 Å². The molecule has 0 unspecified atom stereocenters. The monoisotopic (exact) mass is 395 g/mol. The van der Waals surface area contributed by atoms with Crippen LogP contribution in [0.25, 0.3) is 0 Å². The summed E-state index contributed by atoms with van der Waals surface area (Å²) >= 11 is 0. The fourth-order valence-corrected chi connectivity index (χ4v) is 4.30. The normalized spacial score (nSPS) is 11.0. The Morgan fingerprint density at radius 3 is 2.32 bits per heavy atom. The van der Waals surface area contributed by atoms with Gasteiger partial charge in [-0.05, 0) is 42.8 Å². The molecule has 5 nitrogen and oxygen atoms in total. The summed E-state index contributed by atoms with van der Waals surface area (Å²) in [6, 6.07) is 22.5. The van der Waals surface area contributed by atoms with E-state index >= 15 is 0 Å². The van der Waals surface area contributed by atoms with E-state index in [1.165, 1.54) is 12.1 Å². The summed E-state index contributed by atoms with van der Waals surface area (Å²) in [4.78, 5) is 12.8. The van der Waals surface area contributed by atoms with Crippen LogP contribution in [0, 0.1) is 0 Å². The molecule has 0 bridgehead atoms. The molecule has 0 aliphatic carbocycles. The fraction of sp³-hybridized carbons (Fsp3) is 0.136. The summed E-state index contributed by atoms with van der Waals surface area (Å²) < 4.78 is 30.7. The van der Waals surface area contributed by atoms with Gasteiger partial charge in [0, 0.05) is 11.8 Å². The largest absolute Gasteiger partial charge is 0.457 e. The molecule has 3 aromatic carbocycles. The number of sulfone groups is 1. The van der Waals surface area contributed by atoms with Crippen molar-refractivity contribution in [2.75, 3.05) is 11.1 Å². The van der Waals surface area contributed by atoms with Gasteiger partial charge < -0.3 is 10.1 Å². The Kier molecular flexibility index (Phi) is 6.11. The molecule has 0 aromatic heterocycles. The second-order valence-corrected chi connectivity index (χ2v) is 8.29. The second-order valence-electron chi connectivity index (χ2n) is 6.21. The standard InChI is InChI=1S/C22H21NO4S/c1-2-15-28(25,26)21-14-7-6-13-20(21)22(24)23-17-9-8-12-19(16-17)27-18-10-4-3-5-11-18/h3-14,16H,2,15H2,1H3,(H,23,24). The van der Waals surface area contributed by atoms with Crippen molar-refractivity contribution in [3.8, 4) is 11.5 Å². The van der Waals surface area contributed by atoms with E-state index in [1.807, 2.05) is 30.3 Å². The summed E-state index contributed by atoms with van der Waals surface area (Å²) in [5.41, 5.74) is 0.645. The van der Waals surface area contributed by atoms with E-state index in [1.54, 1.807) is 43.3 Å². The number of hydrogen-bond donors (Lipinski definition) is 1. The Labute approximate surface area is 164 Å². The first kappa shape index (κ1) is 19.6. The van der Waals surface area contributed by atoms with Crippen molar-refractivity contribution < 1.29 is 17.9 Å². The minimum absolute atomic E-state index is 0.00229. The van der Waals surface area contributed by atoms with Gasteiger partial charge in [0.05, 0.1) is 16.2 Å². The van der Waals surface area contributed by atoms with Gasteiger partial charge in [0.2, 0.25) is 0 Å². The van der Waals surface area contributed by atoms with Gasteiger partial charge in [-0.1, -0.05) is 43.3 Å². The minimum atomic E-state index is -3.51. The van der Waals surface area contributed by atoms with E-state index in [0.29, 0.717) is 23.6 Å². The third kappa shape index (κ3) is 4.78. The topological polar surface area (TPSA) is 72.5 Å². The number of rotatable bonds is 7. The highest BCUT2D eigenvalue weighted by atomic mass is 32.2. The molecule has 3 rings (SSSR count). The second kappa shape index (κ2) is 8.71. The first-order chi connectivity index (χ1) is 13.5. The molecule has 6 heteroatoms. The lowest BCUT2D eigenvalue weighted by Crippen LogP contribution is -2.17. The van der Waals surface area contributed by atoms with Gasteiger partial charge in [-0.15, -0.1) is 0 Å². The molecule has 144 valence electrons. The molecule has 0 atom stereocenters. The summed E-state index contributed by atoms with van der Waals surface area (Å²) in [6.45, 7) is 1.79. The van der Waals surface area contributed by atoms with E-state index in [9.17, 15) is 13.2 Å². The quantitative estimate of drug-likeness (QED) is 0.617. The lowest BCUT2D eigenvalue weighted by molar-refractivity contribution is 0.102. The van der Waals surface area contributed by atoms with Crippen LogP contribution >= 0.6 is 0 Å². The van der Waals surface area contributed by atoms with Crippen LogP contribution in [-0.4, -0.2) is 20.1 Å². The van der Waals surface area contributed by atoms with Gasteiger partial charge in [0.25, 0.3) is 5.91 Å². The van der Waals surface area contributed by atoms with E-state index in [0.717, 1.165) is 0 Å². The molecule has 1 N–H and O–H groups in total. The number of para-hydroxylation sites is 1. The van der Waals surface area contributed by atoms with Gasteiger partial charge in [-0.25, -0.2) is 8.42 Å². The third-order valence-electron chi connectivity index (χ3n) is 4.01. The molecule has 1 amide bonds. The van der Waals surface area contributed by atoms with Crippen LogP contribution < -0.4 is 10.1 Å². The van der Waals surface area contributed by atoms with Gasteiger partial charge in [0.1, 0.15) is 11.5 Å². The number of benzene rings is 3. The van der Waals surface area contributed by atoms with Crippen molar-refractivity contribution in [1.29, 1.82) is 0 Å². The predicted molar refractivity (Wildman–Crippen MR) is 110 cm³/mol. The van der Waals surface area contributed by atoms with Crippen molar-refractivity contribution in [2.45, 2.75) is 18.2 Å². The Morgan fingerprint density at radius 1 is 0.893 bits per heavy atom. The first-order valence-electron chi connectivity index (χ1n) is 8.96. The van der Waals surface area contributed by atoms with Crippen molar-refractivity contribution in [2.24, 2.45) is 0 Å². The number of amides is 1. The smallest absolute Gasteiger partial charge is 0.256 e. The number of hydrogen-bond acceptors (Lipinski definition) is 4. The molecule has 28 heavy (non-hydrogen) atoms. The van der Waals surface area contributed by atoms with Gasteiger partial charge in [-0.3, -0.25) is 4.79 Å². The highest BCUT2D eigenvalue weighted by Gasteiger charge is 2.21. The number of carbonyl (C=O) groups is 1. The molecule has 3 aromatic rings. The van der Waals surface area contributed by atoms with Crippen LogP contribution in [0.15, 0.2) is 83.8 Å². The Morgan fingerprint density at radius 2 is 1.57 bits per heavy atom. The van der Waals surface area contributed by atoms with Crippen LogP contribution in [0.2, 0.25) is 0 Å². The molecular weight excluding hydrogens is 374 g/mol. The molecule has 0 saturated carbocycles. The molecule has 0 aliphatic heterocycles. The molecule has 0 radical (unpaired) electrons. The molecule has 0 spiro atoms. The third-order valence-corrected chi connectivity index (χ3v) is 5.98. The summed E-state index contributed by atoms with van der Waals surface area (Å²) in [5, 5.41) is 2.76. The molecular formula is C22H21NO4S. The van der Waals surface area contributed by atoms with Crippen LogP contribution in [-0.2, 0) is 9.84 Å². The number of nitrogens with one attached hydrogen (secondary N) is 1. The number of ether oxygens (including phenoxy) is 1. The van der Waals surface area contributed by atoms with Crippen LogP contribution in [0.3, 0.4) is 0 Å². The van der Waals surface area contributed by atoms with Crippen molar-refractivity contribution in [3.63, 3.8) is 0 Å². The predicted octanol–water partition coefficient (Wildman–Crippen LogP) is 4.91. The lowest BCUT2D eigenvalue weighted by atomic mass is 10.2.